The first-order valence-electron chi connectivity index (χ1n) is 6.35. The molecule has 0 heterocycles. The number of halogens is 1. The molecular weight excluding hydrogens is 251 g/mol. The minimum Gasteiger partial charge on any atom is -0.379 e. The fourth-order valence-corrected chi connectivity index (χ4v) is 2.63. The topological polar surface area (TPSA) is 27.7 Å². The van der Waals surface area contributed by atoms with Crippen molar-refractivity contribution in [3.8, 4) is 0 Å². The van der Waals surface area contributed by atoms with Crippen molar-refractivity contribution in [2.75, 3.05) is 13.2 Å². The zero-order valence-electron chi connectivity index (χ0n) is 11.0. The molecule has 0 spiro atoms. The van der Waals surface area contributed by atoms with E-state index < -0.39 is 16.2 Å². The Morgan fingerprint density at radius 1 is 1.11 bits per heavy atom. The van der Waals surface area contributed by atoms with Gasteiger partial charge in [0.2, 0.25) is 0 Å². The Hall–Kier alpha value is -0.753. The number of hydrogen-bond acceptors (Lipinski definition) is 3. The van der Waals surface area contributed by atoms with Gasteiger partial charge in [-0.2, -0.15) is 0 Å². The lowest BCUT2D eigenvalue weighted by Gasteiger charge is -2.17. The van der Waals surface area contributed by atoms with E-state index in [9.17, 15) is 4.39 Å². The summed E-state index contributed by atoms with van der Waals surface area (Å²) in [5.41, 5.74) is 1.14. The molecule has 102 valence electrons. The fourth-order valence-electron chi connectivity index (χ4n) is 1.52. The molecule has 18 heavy (non-hydrogen) atoms. The van der Waals surface area contributed by atoms with Crippen LogP contribution in [0.5, 0.6) is 0 Å². The molecule has 0 fully saturated rings. The van der Waals surface area contributed by atoms with Crippen LogP contribution >= 0.6 is 0 Å². The third-order valence-electron chi connectivity index (χ3n) is 2.38. The Kier molecular flexibility index (Phi) is 7.83. The van der Waals surface area contributed by atoms with Gasteiger partial charge >= 0.3 is 0 Å². The van der Waals surface area contributed by atoms with Crippen molar-refractivity contribution < 1.29 is 18.3 Å². The van der Waals surface area contributed by atoms with Crippen molar-refractivity contribution in [3.05, 3.63) is 35.6 Å². The molecule has 0 aromatic heterocycles. The molecule has 1 aromatic rings. The first-order chi connectivity index (χ1) is 8.76. The van der Waals surface area contributed by atoms with Crippen LogP contribution in [0.25, 0.3) is 0 Å². The summed E-state index contributed by atoms with van der Waals surface area (Å²) in [5, 5.41) is 0. The molecular formula is C13H21FO3Si. The van der Waals surface area contributed by atoms with Crippen LogP contribution in [-0.4, -0.2) is 29.5 Å². The van der Waals surface area contributed by atoms with Gasteiger partial charge in [0.25, 0.3) is 6.48 Å². The third kappa shape index (κ3) is 6.25. The monoisotopic (exact) mass is 272 g/mol. The SMILES string of the molecule is CCOC(OCC)O[SiH2]CCc1ccc(F)cc1. The van der Waals surface area contributed by atoms with Crippen molar-refractivity contribution in [1.82, 2.24) is 0 Å². The highest BCUT2D eigenvalue weighted by molar-refractivity contribution is 6.27. The average molecular weight is 272 g/mol. The zero-order chi connectivity index (χ0) is 13.2. The van der Waals surface area contributed by atoms with Crippen molar-refractivity contribution in [2.24, 2.45) is 0 Å². The second-order valence-corrected chi connectivity index (χ2v) is 5.25. The standard InChI is InChI=1S/C13H21FO3Si/c1-3-15-13(16-4-2)17-18-10-9-11-5-7-12(14)8-6-11/h5-8,13H,3-4,9-10,18H2,1-2H3. The molecule has 5 heteroatoms. The maximum absolute atomic E-state index is 12.7. The quantitative estimate of drug-likeness (QED) is 0.392. The van der Waals surface area contributed by atoms with Gasteiger partial charge in [0.1, 0.15) is 5.82 Å². The molecule has 0 radical (unpaired) electrons. The normalized spacial score (nSPS) is 11.8. The van der Waals surface area contributed by atoms with Crippen molar-refractivity contribution in [1.29, 1.82) is 0 Å². The van der Waals surface area contributed by atoms with Gasteiger partial charge in [-0.25, -0.2) is 4.39 Å². The fraction of sp³-hybridized carbons (Fsp3) is 0.538. The minimum absolute atomic E-state index is 0.194. The molecule has 0 aliphatic carbocycles. The van der Waals surface area contributed by atoms with E-state index in [1.165, 1.54) is 12.1 Å². The van der Waals surface area contributed by atoms with Crippen LogP contribution in [0.2, 0.25) is 6.04 Å². The highest BCUT2D eigenvalue weighted by Crippen LogP contribution is 2.06. The van der Waals surface area contributed by atoms with E-state index in [0.717, 1.165) is 18.0 Å². The first-order valence-corrected chi connectivity index (χ1v) is 7.93. The molecule has 0 unspecified atom stereocenters. The van der Waals surface area contributed by atoms with Crippen LogP contribution in [0.1, 0.15) is 19.4 Å². The number of benzene rings is 1. The maximum Gasteiger partial charge on any atom is 0.261 e. The van der Waals surface area contributed by atoms with E-state index in [4.69, 9.17) is 13.9 Å². The Labute approximate surface area is 110 Å². The molecule has 3 nitrogen and oxygen atoms in total. The van der Waals surface area contributed by atoms with Gasteiger partial charge in [0, 0.05) is 13.2 Å². The van der Waals surface area contributed by atoms with Crippen LogP contribution in [0, 0.1) is 5.82 Å². The molecule has 0 amide bonds. The highest BCUT2D eigenvalue weighted by Gasteiger charge is 2.07. The summed E-state index contributed by atoms with van der Waals surface area (Å²) >= 11 is 0. The van der Waals surface area contributed by atoms with Crippen LogP contribution in [0.4, 0.5) is 4.39 Å². The van der Waals surface area contributed by atoms with Crippen molar-refractivity contribution in [2.45, 2.75) is 32.8 Å². The summed E-state index contributed by atoms with van der Waals surface area (Å²) < 4.78 is 28.9. The Morgan fingerprint density at radius 3 is 2.28 bits per heavy atom. The lowest BCUT2D eigenvalue weighted by Crippen LogP contribution is -2.23. The second kappa shape index (κ2) is 9.21. The van der Waals surface area contributed by atoms with Crippen LogP contribution in [-0.2, 0) is 20.3 Å². The molecule has 0 aliphatic rings. The minimum atomic E-state index is -0.674. The van der Waals surface area contributed by atoms with Crippen LogP contribution < -0.4 is 0 Å². The average Bonchev–Trinajstić information content (AvgIpc) is 2.37. The van der Waals surface area contributed by atoms with E-state index >= 15 is 0 Å². The molecule has 0 N–H and O–H groups in total. The number of rotatable bonds is 9. The first kappa shape index (κ1) is 15.3. The van der Waals surface area contributed by atoms with Crippen LogP contribution in [0.3, 0.4) is 0 Å². The predicted octanol–water partition coefficient (Wildman–Crippen LogP) is 2.24. The molecule has 1 rings (SSSR count). The zero-order valence-corrected chi connectivity index (χ0v) is 12.4. The maximum atomic E-state index is 12.7. The van der Waals surface area contributed by atoms with Gasteiger partial charge in [0.05, 0.1) is 0 Å². The molecule has 0 atom stereocenters. The largest absolute Gasteiger partial charge is 0.379 e. The second-order valence-electron chi connectivity index (χ2n) is 3.80. The molecule has 0 saturated heterocycles. The van der Waals surface area contributed by atoms with Crippen molar-refractivity contribution in [3.63, 3.8) is 0 Å². The molecule has 0 aliphatic heterocycles. The number of aryl methyl sites for hydroxylation is 1. The van der Waals surface area contributed by atoms with E-state index in [0.29, 0.717) is 13.2 Å². The van der Waals surface area contributed by atoms with Gasteiger partial charge in [-0.1, -0.05) is 12.1 Å². The predicted molar refractivity (Wildman–Crippen MR) is 71.6 cm³/mol. The van der Waals surface area contributed by atoms with Gasteiger partial charge in [-0.15, -0.1) is 0 Å². The van der Waals surface area contributed by atoms with Gasteiger partial charge in [-0.3, -0.25) is 0 Å². The Morgan fingerprint density at radius 2 is 1.72 bits per heavy atom. The van der Waals surface area contributed by atoms with Gasteiger partial charge < -0.3 is 13.9 Å². The highest BCUT2D eigenvalue weighted by atomic mass is 28.2. The van der Waals surface area contributed by atoms with E-state index in [2.05, 4.69) is 0 Å². The molecule has 0 saturated carbocycles. The lowest BCUT2D eigenvalue weighted by atomic mass is 10.2. The summed E-state index contributed by atoms with van der Waals surface area (Å²) in [6.45, 7) is 4.47. The van der Waals surface area contributed by atoms with E-state index in [-0.39, 0.29) is 5.82 Å². The summed E-state index contributed by atoms with van der Waals surface area (Å²) in [6.07, 6.45) is 0.914. The number of ether oxygens (including phenoxy) is 2. The van der Waals surface area contributed by atoms with Crippen molar-refractivity contribution >= 4 is 9.76 Å². The lowest BCUT2D eigenvalue weighted by molar-refractivity contribution is -0.243. The molecule has 0 bridgehead atoms. The summed E-state index contributed by atoms with van der Waals surface area (Å²) in [6, 6.07) is 7.59. The summed E-state index contributed by atoms with van der Waals surface area (Å²) in [4.78, 5) is 0. The Balaban J connectivity index is 2.18. The van der Waals surface area contributed by atoms with Gasteiger partial charge in [0.15, 0.2) is 9.76 Å². The Bertz CT molecular complexity index is 313. The van der Waals surface area contributed by atoms with E-state index in [1.807, 2.05) is 26.0 Å². The van der Waals surface area contributed by atoms with Crippen LogP contribution in [0.15, 0.2) is 24.3 Å². The third-order valence-corrected chi connectivity index (χ3v) is 3.53. The number of hydrogen-bond donors (Lipinski definition) is 0. The smallest absolute Gasteiger partial charge is 0.261 e. The van der Waals surface area contributed by atoms with E-state index in [1.54, 1.807) is 0 Å². The van der Waals surface area contributed by atoms with Gasteiger partial charge in [-0.05, 0) is 44.0 Å². The molecule has 1 aromatic carbocycles. The summed E-state index contributed by atoms with van der Waals surface area (Å²) in [7, 11) is -0.674. The summed E-state index contributed by atoms with van der Waals surface area (Å²) in [5.74, 6) is -0.194.